The van der Waals surface area contributed by atoms with Gasteiger partial charge in [-0.25, -0.2) is 0 Å². The molecule has 1 amide bonds. The normalized spacial score (nSPS) is 11.3. The molecule has 0 aromatic heterocycles. The maximum Gasteiger partial charge on any atom is 0.220 e. The average Bonchev–Trinajstić information content (AvgIpc) is 2.44. The molecule has 2 N–H and O–H groups in total. The van der Waals surface area contributed by atoms with Crippen molar-refractivity contribution in [3.05, 3.63) is 30.3 Å². The van der Waals surface area contributed by atoms with E-state index in [0.29, 0.717) is 13.0 Å². The Hall–Kier alpha value is -1.00. The van der Waals surface area contributed by atoms with E-state index < -0.39 is 0 Å². The van der Waals surface area contributed by atoms with Gasteiger partial charge in [-0.05, 0) is 30.4 Å². The molecule has 0 aliphatic carbocycles. The SMILES string of the molecule is CC(C)(CCCO)CNC(=O)CCSc1ccccc1. The highest BCUT2D eigenvalue weighted by Gasteiger charge is 2.18. The number of carbonyl (C=O) groups is 1. The second kappa shape index (κ2) is 9.03. The molecule has 3 nitrogen and oxygen atoms in total. The summed E-state index contributed by atoms with van der Waals surface area (Å²) in [6.07, 6.45) is 2.24. The zero-order valence-electron chi connectivity index (χ0n) is 12.4. The van der Waals surface area contributed by atoms with E-state index in [1.807, 2.05) is 18.2 Å². The van der Waals surface area contributed by atoms with Crippen molar-refractivity contribution in [1.82, 2.24) is 5.32 Å². The number of carbonyl (C=O) groups excluding carboxylic acids is 1. The van der Waals surface area contributed by atoms with Crippen LogP contribution in [0, 0.1) is 5.41 Å². The van der Waals surface area contributed by atoms with Crippen LogP contribution in [0.15, 0.2) is 35.2 Å². The van der Waals surface area contributed by atoms with Crippen molar-refractivity contribution in [2.45, 2.75) is 38.0 Å². The first kappa shape index (κ1) is 17.1. The number of rotatable bonds is 9. The molecule has 0 saturated heterocycles. The van der Waals surface area contributed by atoms with Crippen molar-refractivity contribution >= 4 is 17.7 Å². The molecule has 0 aliphatic heterocycles. The largest absolute Gasteiger partial charge is 0.396 e. The van der Waals surface area contributed by atoms with E-state index in [9.17, 15) is 4.79 Å². The first-order chi connectivity index (χ1) is 9.53. The molecule has 20 heavy (non-hydrogen) atoms. The number of aliphatic hydroxyl groups is 1. The lowest BCUT2D eigenvalue weighted by Crippen LogP contribution is -2.34. The summed E-state index contributed by atoms with van der Waals surface area (Å²) in [6.45, 7) is 5.11. The Labute approximate surface area is 126 Å². The van der Waals surface area contributed by atoms with Crippen LogP contribution < -0.4 is 5.32 Å². The third-order valence-corrected chi connectivity index (χ3v) is 4.13. The summed E-state index contributed by atoms with van der Waals surface area (Å²) in [6, 6.07) is 10.1. The Balaban J connectivity index is 2.17. The van der Waals surface area contributed by atoms with E-state index in [2.05, 4.69) is 31.3 Å². The van der Waals surface area contributed by atoms with E-state index in [1.54, 1.807) is 11.8 Å². The number of aliphatic hydroxyl groups excluding tert-OH is 1. The van der Waals surface area contributed by atoms with Gasteiger partial charge >= 0.3 is 0 Å². The van der Waals surface area contributed by atoms with E-state index in [4.69, 9.17) is 5.11 Å². The van der Waals surface area contributed by atoms with Crippen molar-refractivity contribution in [3.63, 3.8) is 0 Å². The smallest absolute Gasteiger partial charge is 0.220 e. The number of benzene rings is 1. The Morgan fingerprint density at radius 1 is 1.30 bits per heavy atom. The molecule has 0 aliphatic rings. The van der Waals surface area contributed by atoms with E-state index in [-0.39, 0.29) is 17.9 Å². The zero-order valence-corrected chi connectivity index (χ0v) is 13.2. The molecule has 1 aromatic rings. The summed E-state index contributed by atoms with van der Waals surface area (Å²) in [7, 11) is 0. The zero-order chi connectivity index (χ0) is 14.8. The van der Waals surface area contributed by atoms with Crippen LogP contribution in [0.2, 0.25) is 0 Å². The van der Waals surface area contributed by atoms with Gasteiger partial charge in [-0.2, -0.15) is 0 Å². The molecule has 0 spiro atoms. The maximum atomic E-state index is 11.8. The number of amides is 1. The van der Waals surface area contributed by atoms with Gasteiger partial charge in [0.05, 0.1) is 0 Å². The molecular weight excluding hydrogens is 270 g/mol. The molecule has 0 bridgehead atoms. The summed E-state index contributed by atoms with van der Waals surface area (Å²) in [5, 5.41) is 11.8. The van der Waals surface area contributed by atoms with Crippen molar-refractivity contribution in [2.24, 2.45) is 5.41 Å². The highest BCUT2D eigenvalue weighted by molar-refractivity contribution is 7.99. The fraction of sp³-hybridized carbons (Fsp3) is 0.562. The van der Waals surface area contributed by atoms with Gasteiger partial charge in [0.15, 0.2) is 0 Å². The van der Waals surface area contributed by atoms with Crippen LogP contribution in [-0.4, -0.2) is 29.9 Å². The topological polar surface area (TPSA) is 49.3 Å². The molecule has 0 unspecified atom stereocenters. The predicted octanol–water partition coefficient (Wildman–Crippen LogP) is 3.08. The molecule has 0 atom stereocenters. The minimum atomic E-state index is 0.0466. The molecular formula is C16H25NO2S. The second-order valence-electron chi connectivity index (χ2n) is 5.68. The maximum absolute atomic E-state index is 11.8. The van der Waals surface area contributed by atoms with Crippen molar-refractivity contribution < 1.29 is 9.90 Å². The third-order valence-electron chi connectivity index (χ3n) is 3.12. The molecule has 0 radical (unpaired) electrons. The molecule has 1 rings (SSSR count). The molecule has 0 fully saturated rings. The van der Waals surface area contributed by atoms with E-state index in [1.165, 1.54) is 4.90 Å². The van der Waals surface area contributed by atoms with Gasteiger partial charge in [-0.1, -0.05) is 32.0 Å². The lowest BCUT2D eigenvalue weighted by atomic mass is 9.88. The Morgan fingerprint density at radius 3 is 2.65 bits per heavy atom. The van der Waals surface area contributed by atoms with Gasteiger partial charge in [0.2, 0.25) is 5.91 Å². The summed E-state index contributed by atoms with van der Waals surface area (Å²) in [4.78, 5) is 13.0. The Kier molecular flexibility index (Phi) is 7.70. The quantitative estimate of drug-likeness (QED) is 0.688. The van der Waals surface area contributed by atoms with Gasteiger partial charge < -0.3 is 10.4 Å². The third kappa shape index (κ3) is 7.56. The Bertz CT molecular complexity index is 393. The van der Waals surface area contributed by atoms with Crippen LogP contribution in [0.25, 0.3) is 0 Å². The number of hydrogen-bond acceptors (Lipinski definition) is 3. The molecule has 4 heteroatoms. The minimum Gasteiger partial charge on any atom is -0.396 e. The van der Waals surface area contributed by atoms with Crippen LogP contribution >= 0.6 is 11.8 Å². The highest BCUT2D eigenvalue weighted by Crippen LogP contribution is 2.21. The first-order valence-corrected chi connectivity index (χ1v) is 8.07. The lowest BCUT2D eigenvalue weighted by molar-refractivity contribution is -0.121. The Morgan fingerprint density at radius 2 is 2.00 bits per heavy atom. The van der Waals surface area contributed by atoms with Crippen molar-refractivity contribution in [3.8, 4) is 0 Å². The van der Waals surface area contributed by atoms with Gasteiger partial charge in [-0.15, -0.1) is 11.8 Å². The molecule has 0 saturated carbocycles. The van der Waals surface area contributed by atoms with Crippen molar-refractivity contribution in [1.29, 1.82) is 0 Å². The summed E-state index contributed by atoms with van der Waals surface area (Å²) >= 11 is 1.70. The predicted molar refractivity (Wildman–Crippen MR) is 84.9 cm³/mol. The van der Waals surface area contributed by atoms with Crippen LogP contribution in [-0.2, 0) is 4.79 Å². The van der Waals surface area contributed by atoms with Crippen LogP contribution in [0.4, 0.5) is 0 Å². The summed E-state index contributed by atoms with van der Waals surface area (Å²) in [5.74, 6) is 0.901. The number of hydrogen-bond donors (Lipinski definition) is 2. The van der Waals surface area contributed by atoms with Gasteiger partial charge in [-0.3, -0.25) is 4.79 Å². The highest BCUT2D eigenvalue weighted by atomic mass is 32.2. The lowest BCUT2D eigenvalue weighted by Gasteiger charge is -2.24. The molecule has 0 heterocycles. The fourth-order valence-corrected chi connectivity index (χ4v) is 2.72. The van der Waals surface area contributed by atoms with Gasteiger partial charge in [0, 0.05) is 30.2 Å². The van der Waals surface area contributed by atoms with Crippen LogP contribution in [0.1, 0.15) is 33.1 Å². The average molecular weight is 295 g/mol. The van der Waals surface area contributed by atoms with Gasteiger partial charge in [0.1, 0.15) is 0 Å². The van der Waals surface area contributed by atoms with Crippen molar-refractivity contribution in [2.75, 3.05) is 18.9 Å². The molecule has 1 aromatic carbocycles. The summed E-state index contributed by atoms with van der Waals surface area (Å²) in [5.41, 5.74) is 0.0466. The first-order valence-electron chi connectivity index (χ1n) is 7.09. The van der Waals surface area contributed by atoms with E-state index in [0.717, 1.165) is 18.6 Å². The van der Waals surface area contributed by atoms with Gasteiger partial charge in [0.25, 0.3) is 0 Å². The monoisotopic (exact) mass is 295 g/mol. The van der Waals surface area contributed by atoms with Crippen LogP contribution in [0.5, 0.6) is 0 Å². The van der Waals surface area contributed by atoms with E-state index >= 15 is 0 Å². The number of nitrogens with one attached hydrogen (secondary N) is 1. The van der Waals surface area contributed by atoms with Crippen LogP contribution in [0.3, 0.4) is 0 Å². The second-order valence-corrected chi connectivity index (χ2v) is 6.85. The fourth-order valence-electron chi connectivity index (χ4n) is 1.85. The summed E-state index contributed by atoms with van der Waals surface area (Å²) < 4.78 is 0. The minimum absolute atomic E-state index is 0.0466. The molecule has 112 valence electrons. The standard InChI is InChI=1S/C16H25NO2S/c1-16(2,10-6-11-18)13-17-15(19)9-12-20-14-7-4-3-5-8-14/h3-5,7-8,18H,6,9-13H2,1-2H3,(H,17,19). The number of thioether (sulfide) groups is 1.